The van der Waals surface area contributed by atoms with E-state index < -0.39 is 15.6 Å². The summed E-state index contributed by atoms with van der Waals surface area (Å²) in [6.45, 7) is 5.40. The Labute approximate surface area is 136 Å². The Morgan fingerprint density at radius 1 is 1.05 bits per heavy atom. The zero-order valence-electron chi connectivity index (χ0n) is 12.7. The molecule has 0 unspecified atom stereocenters. The SMILES string of the molecule is CC(C)(C)NS(=O)(=O)c1ccc(-c2ccc(N)cc2Cl)cc1. The standard InChI is InChI=1S/C16H19ClN2O2S/c1-16(2,3)19-22(20,21)13-7-4-11(5-8-13)14-9-6-12(18)10-15(14)17/h4-10,19H,18H2,1-3H3. The van der Waals surface area contributed by atoms with Crippen LogP contribution in [0.1, 0.15) is 20.8 Å². The monoisotopic (exact) mass is 338 g/mol. The van der Waals surface area contributed by atoms with Crippen LogP contribution in [0.5, 0.6) is 0 Å². The quantitative estimate of drug-likeness (QED) is 0.839. The van der Waals surface area contributed by atoms with Crippen LogP contribution in [0.3, 0.4) is 0 Å². The maximum atomic E-state index is 12.3. The molecule has 0 saturated carbocycles. The van der Waals surface area contributed by atoms with Crippen LogP contribution in [0, 0.1) is 0 Å². The Kier molecular flexibility index (Phi) is 4.52. The van der Waals surface area contributed by atoms with Crippen molar-refractivity contribution in [3.8, 4) is 11.1 Å². The lowest BCUT2D eigenvalue weighted by Gasteiger charge is -2.20. The molecule has 0 aliphatic heterocycles. The third-order valence-corrected chi connectivity index (χ3v) is 5.00. The molecule has 2 aromatic rings. The van der Waals surface area contributed by atoms with Crippen molar-refractivity contribution < 1.29 is 8.42 Å². The van der Waals surface area contributed by atoms with Gasteiger partial charge in [0, 0.05) is 16.8 Å². The van der Waals surface area contributed by atoms with Crippen molar-refractivity contribution in [2.45, 2.75) is 31.2 Å². The van der Waals surface area contributed by atoms with Gasteiger partial charge in [0.2, 0.25) is 10.0 Å². The van der Waals surface area contributed by atoms with Crippen molar-refractivity contribution in [3.05, 3.63) is 47.5 Å². The molecule has 0 saturated heterocycles. The van der Waals surface area contributed by atoms with Crippen LogP contribution in [-0.4, -0.2) is 14.0 Å². The summed E-state index contributed by atoms with van der Waals surface area (Å²) < 4.78 is 27.1. The molecule has 0 atom stereocenters. The van der Waals surface area contributed by atoms with E-state index in [1.54, 1.807) is 57.2 Å². The Bertz CT molecular complexity index is 779. The van der Waals surface area contributed by atoms with E-state index in [1.165, 1.54) is 0 Å². The normalized spacial score (nSPS) is 12.4. The fraction of sp³-hybridized carbons (Fsp3) is 0.250. The van der Waals surface area contributed by atoms with E-state index in [0.29, 0.717) is 10.7 Å². The summed E-state index contributed by atoms with van der Waals surface area (Å²) >= 11 is 6.17. The smallest absolute Gasteiger partial charge is 0.241 e. The van der Waals surface area contributed by atoms with Gasteiger partial charge in [-0.2, -0.15) is 0 Å². The molecule has 0 aliphatic rings. The van der Waals surface area contributed by atoms with Crippen LogP contribution in [0.4, 0.5) is 5.69 Å². The zero-order valence-corrected chi connectivity index (χ0v) is 14.3. The van der Waals surface area contributed by atoms with Gasteiger partial charge in [0.15, 0.2) is 0 Å². The Balaban J connectivity index is 2.35. The van der Waals surface area contributed by atoms with Gasteiger partial charge < -0.3 is 5.73 Å². The first kappa shape index (κ1) is 16.8. The van der Waals surface area contributed by atoms with Crippen LogP contribution in [0.15, 0.2) is 47.4 Å². The molecule has 0 fully saturated rings. The highest BCUT2D eigenvalue weighted by molar-refractivity contribution is 7.89. The van der Waals surface area contributed by atoms with Gasteiger partial charge in [-0.1, -0.05) is 29.8 Å². The number of halogens is 1. The average Bonchev–Trinajstić information content (AvgIpc) is 2.36. The lowest BCUT2D eigenvalue weighted by atomic mass is 10.1. The van der Waals surface area contributed by atoms with E-state index in [1.807, 2.05) is 6.07 Å². The summed E-state index contributed by atoms with van der Waals surface area (Å²) in [5.74, 6) is 0. The molecule has 0 radical (unpaired) electrons. The van der Waals surface area contributed by atoms with Crippen molar-refractivity contribution in [2.75, 3.05) is 5.73 Å². The van der Waals surface area contributed by atoms with Crippen LogP contribution in [0.25, 0.3) is 11.1 Å². The summed E-state index contributed by atoms with van der Waals surface area (Å²) in [6.07, 6.45) is 0. The number of benzene rings is 2. The van der Waals surface area contributed by atoms with E-state index in [4.69, 9.17) is 17.3 Å². The molecule has 3 N–H and O–H groups in total. The van der Waals surface area contributed by atoms with Gasteiger partial charge in [-0.25, -0.2) is 13.1 Å². The van der Waals surface area contributed by atoms with Crippen molar-refractivity contribution >= 4 is 27.3 Å². The predicted octanol–water partition coefficient (Wildman–Crippen LogP) is 3.67. The first-order valence-electron chi connectivity index (χ1n) is 6.78. The molecule has 6 heteroatoms. The maximum absolute atomic E-state index is 12.3. The van der Waals surface area contributed by atoms with Gasteiger partial charge in [0.25, 0.3) is 0 Å². The zero-order chi connectivity index (χ0) is 16.5. The fourth-order valence-electron chi connectivity index (χ4n) is 2.04. The van der Waals surface area contributed by atoms with Gasteiger partial charge in [0.1, 0.15) is 0 Å². The molecule has 2 rings (SSSR count). The van der Waals surface area contributed by atoms with E-state index in [0.717, 1.165) is 11.1 Å². The highest BCUT2D eigenvalue weighted by Gasteiger charge is 2.21. The average molecular weight is 339 g/mol. The molecule has 118 valence electrons. The molecule has 0 bridgehead atoms. The number of rotatable bonds is 3. The third kappa shape index (κ3) is 4.00. The predicted molar refractivity (Wildman–Crippen MR) is 91.4 cm³/mol. The minimum absolute atomic E-state index is 0.220. The number of nitrogen functional groups attached to an aromatic ring is 1. The molecule has 2 aromatic carbocycles. The molecule has 0 amide bonds. The van der Waals surface area contributed by atoms with E-state index in [9.17, 15) is 8.42 Å². The lowest BCUT2D eigenvalue weighted by molar-refractivity contribution is 0.491. The maximum Gasteiger partial charge on any atom is 0.241 e. The number of sulfonamides is 1. The van der Waals surface area contributed by atoms with Crippen molar-refractivity contribution in [3.63, 3.8) is 0 Å². The van der Waals surface area contributed by atoms with E-state index in [2.05, 4.69) is 4.72 Å². The highest BCUT2D eigenvalue weighted by atomic mass is 35.5. The second kappa shape index (κ2) is 5.91. The van der Waals surface area contributed by atoms with Crippen LogP contribution < -0.4 is 10.5 Å². The Morgan fingerprint density at radius 2 is 1.64 bits per heavy atom. The van der Waals surface area contributed by atoms with Gasteiger partial charge in [-0.3, -0.25) is 0 Å². The lowest BCUT2D eigenvalue weighted by Crippen LogP contribution is -2.40. The van der Waals surface area contributed by atoms with E-state index >= 15 is 0 Å². The molecular formula is C16H19ClN2O2S. The topological polar surface area (TPSA) is 72.2 Å². The summed E-state index contributed by atoms with van der Waals surface area (Å²) in [6, 6.07) is 11.8. The van der Waals surface area contributed by atoms with Crippen LogP contribution in [-0.2, 0) is 10.0 Å². The highest BCUT2D eigenvalue weighted by Crippen LogP contribution is 2.30. The molecule has 4 nitrogen and oxygen atoms in total. The number of hydrogen-bond donors (Lipinski definition) is 2. The first-order valence-corrected chi connectivity index (χ1v) is 8.64. The minimum Gasteiger partial charge on any atom is -0.399 e. The van der Waals surface area contributed by atoms with Crippen molar-refractivity contribution in [1.82, 2.24) is 4.72 Å². The summed E-state index contributed by atoms with van der Waals surface area (Å²) in [5, 5.41) is 0.531. The summed E-state index contributed by atoms with van der Waals surface area (Å²) in [4.78, 5) is 0.220. The van der Waals surface area contributed by atoms with Gasteiger partial charge in [0.05, 0.1) is 9.92 Å². The van der Waals surface area contributed by atoms with Crippen LogP contribution >= 0.6 is 11.6 Å². The number of anilines is 1. The van der Waals surface area contributed by atoms with Crippen molar-refractivity contribution in [1.29, 1.82) is 0 Å². The second-order valence-corrected chi connectivity index (χ2v) is 8.21. The second-order valence-electron chi connectivity index (χ2n) is 6.12. The van der Waals surface area contributed by atoms with Gasteiger partial charge in [-0.15, -0.1) is 0 Å². The first-order chi connectivity index (χ1) is 10.1. The molecule has 0 heterocycles. The number of nitrogens with two attached hydrogens (primary N) is 1. The molecule has 0 aliphatic carbocycles. The minimum atomic E-state index is -3.54. The Morgan fingerprint density at radius 3 is 2.14 bits per heavy atom. The fourth-order valence-corrected chi connectivity index (χ4v) is 3.76. The van der Waals surface area contributed by atoms with Crippen LogP contribution in [0.2, 0.25) is 5.02 Å². The molecule has 22 heavy (non-hydrogen) atoms. The summed E-state index contributed by atoms with van der Waals surface area (Å²) in [7, 11) is -3.54. The number of nitrogens with one attached hydrogen (secondary N) is 1. The Hall–Kier alpha value is -1.56. The molecule has 0 spiro atoms. The summed E-state index contributed by atoms with van der Waals surface area (Å²) in [5.41, 5.74) is 7.37. The van der Waals surface area contributed by atoms with Crippen molar-refractivity contribution in [2.24, 2.45) is 0 Å². The largest absolute Gasteiger partial charge is 0.399 e. The third-order valence-electron chi connectivity index (χ3n) is 2.91. The molecular weight excluding hydrogens is 320 g/mol. The molecule has 0 aromatic heterocycles. The van der Waals surface area contributed by atoms with Gasteiger partial charge >= 0.3 is 0 Å². The van der Waals surface area contributed by atoms with E-state index in [-0.39, 0.29) is 4.90 Å². The van der Waals surface area contributed by atoms with Gasteiger partial charge in [-0.05, 0) is 50.6 Å². The number of hydrogen-bond acceptors (Lipinski definition) is 3.